The second kappa shape index (κ2) is 7.08. The maximum Gasteiger partial charge on any atom is 0.125 e. The molecule has 5 heteroatoms. The number of nitrogens with zero attached hydrogens (tertiary/aromatic N) is 2. The Labute approximate surface area is 140 Å². The highest BCUT2D eigenvalue weighted by atomic mass is 35.5. The van der Waals surface area contributed by atoms with Crippen molar-refractivity contribution in [2.45, 2.75) is 13.3 Å². The van der Waals surface area contributed by atoms with E-state index in [1.807, 2.05) is 18.2 Å². The van der Waals surface area contributed by atoms with Crippen LogP contribution in [0, 0.1) is 17.1 Å². The average Bonchev–Trinajstić information content (AvgIpc) is 2.55. The van der Waals surface area contributed by atoms with Crippen LogP contribution in [0.3, 0.4) is 0 Å². The Morgan fingerprint density at radius 2 is 2.04 bits per heavy atom. The van der Waals surface area contributed by atoms with E-state index in [0.717, 1.165) is 22.9 Å². The summed E-state index contributed by atoms with van der Waals surface area (Å²) >= 11 is 0. The highest BCUT2D eigenvalue weighted by Gasteiger charge is 2.10. The van der Waals surface area contributed by atoms with Gasteiger partial charge in [-0.25, -0.2) is 4.39 Å². The number of nitriles is 1. The molecule has 0 radical (unpaired) electrons. The van der Waals surface area contributed by atoms with Crippen LogP contribution in [0.2, 0.25) is 0 Å². The number of hydrogen-bond acceptors (Lipinski definition) is 3. The Kier molecular flexibility index (Phi) is 5.15. The molecule has 3 rings (SSSR count). The van der Waals surface area contributed by atoms with E-state index >= 15 is 0 Å². The number of pyridine rings is 1. The molecule has 3 nitrogen and oxygen atoms in total. The number of aromatic nitrogens is 1. The van der Waals surface area contributed by atoms with E-state index in [2.05, 4.69) is 23.3 Å². The number of aryl methyl sites for hydroxylation is 1. The lowest BCUT2D eigenvalue weighted by molar-refractivity contribution is 0.628. The largest absolute Gasteiger partial charge is 0.354 e. The van der Waals surface area contributed by atoms with Crippen LogP contribution in [0.4, 0.5) is 15.8 Å². The summed E-state index contributed by atoms with van der Waals surface area (Å²) in [6.07, 6.45) is 2.43. The number of benzene rings is 2. The first-order valence-corrected chi connectivity index (χ1v) is 7.05. The van der Waals surface area contributed by atoms with Crippen molar-refractivity contribution in [2.24, 2.45) is 0 Å². The highest BCUT2D eigenvalue weighted by molar-refractivity contribution is 5.96. The molecular formula is C18H15ClFN3. The molecular weight excluding hydrogens is 313 g/mol. The van der Waals surface area contributed by atoms with Gasteiger partial charge in [-0.2, -0.15) is 5.26 Å². The second-order valence-corrected chi connectivity index (χ2v) is 5.00. The number of rotatable bonds is 3. The number of anilines is 2. The van der Waals surface area contributed by atoms with Gasteiger partial charge in [0.2, 0.25) is 0 Å². The van der Waals surface area contributed by atoms with Crippen LogP contribution in [0.15, 0.2) is 48.7 Å². The molecule has 0 unspecified atom stereocenters. The average molecular weight is 328 g/mol. The first-order chi connectivity index (χ1) is 10.7. The second-order valence-electron chi connectivity index (χ2n) is 5.00. The van der Waals surface area contributed by atoms with Gasteiger partial charge in [0.05, 0.1) is 16.8 Å². The van der Waals surface area contributed by atoms with Gasteiger partial charge in [0.15, 0.2) is 0 Å². The summed E-state index contributed by atoms with van der Waals surface area (Å²) in [5, 5.41) is 13.4. The Hall–Kier alpha value is -2.64. The highest BCUT2D eigenvalue weighted by Crippen LogP contribution is 2.29. The molecule has 3 aromatic rings. The summed E-state index contributed by atoms with van der Waals surface area (Å²) in [6.45, 7) is 2.07. The fourth-order valence-electron chi connectivity index (χ4n) is 2.39. The lowest BCUT2D eigenvalue weighted by atomic mass is 10.1. The molecule has 0 spiro atoms. The van der Waals surface area contributed by atoms with Crippen LogP contribution >= 0.6 is 12.4 Å². The van der Waals surface area contributed by atoms with E-state index in [-0.39, 0.29) is 18.2 Å². The molecule has 1 aromatic heterocycles. The van der Waals surface area contributed by atoms with Crippen LogP contribution in [-0.2, 0) is 6.42 Å². The SMILES string of the molecule is CCc1ccc2ncc(C#N)c(Nc3cccc(F)c3)c2c1.Cl. The van der Waals surface area contributed by atoms with Crippen molar-refractivity contribution in [3.63, 3.8) is 0 Å². The molecule has 23 heavy (non-hydrogen) atoms. The van der Waals surface area contributed by atoms with Crippen molar-refractivity contribution in [3.05, 3.63) is 65.6 Å². The van der Waals surface area contributed by atoms with Gasteiger partial charge in [-0.15, -0.1) is 12.4 Å². The van der Waals surface area contributed by atoms with E-state index in [4.69, 9.17) is 0 Å². The smallest absolute Gasteiger partial charge is 0.125 e. The monoisotopic (exact) mass is 327 g/mol. The molecule has 0 atom stereocenters. The molecule has 0 amide bonds. The molecule has 0 bridgehead atoms. The number of hydrogen-bond donors (Lipinski definition) is 1. The van der Waals surface area contributed by atoms with Crippen molar-refractivity contribution in [2.75, 3.05) is 5.32 Å². The maximum absolute atomic E-state index is 13.4. The zero-order valence-electron chi connectivity index (χ0n) is 12.5. The minimum absolute atomic E-state index is 0. The van der Waals surface area contributed by atoms with E-state index in [1.54, 1.807) is 12.1 Å². The van der Waals surface area contributed by atoms with Crippen molar-refractivity contribution in [1.29, 1.82) is 5.26 Å². The third-order valence-electron chi connectivity index (χ3n) is 3.56. The minimum atomic E-state index is -0.323. The summed E-state index contributed by atoms with van der Waals surface area (Å²) in [5.41, 5.74) is 3.66. The molecule has 2 aromatic carbocycles. The summed E-state index contributed by atoms with van der Waals surface area (Å²) in [5.74, 6) is -0.323. The van der Waals surface area contributed by atoms with Gasteiger partial charge in [-0.05, 0) is 42.3 Å². The zero-order chi connectivity index (χ0) is 15.5. The minimum Gasteiger partial charge on any atom is -0.354 e. The molecule has 116 valence electrons. The first kappa shape index (κ1) is 16.7. The summed E-state index contributed by atoms with van der Waals surface area (Å²) in [6, 6.07) is 14.3. The molecule has 0 saturated carbocycles. The fourth-order valence-corrected chi connectivity index (χ4v) is 2.39. The van der Waals surface area contributed by atoms with Crippen molar-refractivity contribution in [1.82, 2.24) is 4.98 Å². The van der Waals surface area contributed by atoms with Gasteiger partial charge < -0.3 is 5.32 Å². The first-order valence-electron chi connectivity index (χ1n) is 7.05. The molecule has 0 aliphatic heterocycles. The lowest BCUT2D eigenvalue weighted by Crippen LogP contribution is -1.97. The van der Waals surface area contributed by atoms with Crippen molar-refractivity contribution in [3.8, 4) is 6.07 Å². The summed E-state index contributed by atoms with van der Waals surface area (Å²) in [4.78, 5) is 4.31. The van der Waals surface area contributed by atoms with Crippen LogP contribution in [-0.4, -0.2) is 4.98 Å². The topological polar surface area (TPSA) is 48.7 Å². The molecule has 0 aliphatic rings. The Morgan fingerprint density at radius 3 is 2.74 bits per heavy atom. The predicted molar refractivity (Wildman–Crippen MR) is 92.8 cm³/mol. The van der Waals surface area contributed by atoms with Crippen LogP contribution < -0.4 is 5.32 Å². The molecule has 1 heterocycles. The third-order valence-corrected chi connectivity index (χ3v) is 3.56. The summed E-state index contributed by atoms with van der Waals surface area (Å²) in [7, 11) is 0. The summed E-state index contributed by atoms with van der Waals surface area (Å²) < 4.78 is 13.4. The van der Waals surface area contributed by atoms with Crippen LogP contribution in [0.1, 0.15) is 18.1 Å². The normalized spacial score (nSPS) is 9.96. The lowest BCUT2D eigenvalue weighted by Gasteiger charge is -2.12. The standard InChI is InChI=1S/C18H14FN3.ClH/c1-2-12-6-7-17-16(8-12)18(13(10-20)11-21-17)22-15-5-3-4-14(19)9-15;/h3-9,11H,2H2,1H3,(H,21,22);1H. The molecule has 0 saturated heterocycles. The predicted octanol–water partition coefficient (Wildman–Crippen LogP) is 4.97. The Bertz CT molecular complexity index is 887. The zero-order valence-corrected chi connectivity index (χ0v) is 13.3. The van der Waals surface area contributed by atoms with Gasteiger partial charge in [0.1, 0.15) is 11.9 Å². The number of fused-ring (bicyclic) bond motifs is 1. The van der Waals surface area contributed by atoms with Crippen LogP contribution in [0.5, 0.6) is 0 Å². The Morgan fingerprint density at radius 1 is 1.22 bits per heavy atom. The molecule has 1 N–H and O–H groups in total. The van der Waals surface area contributed by atoms with Gasteiger partial charge >= 0.3 is 0 Å². The van der Waals surface area contributed by atoms with E-state index in [9.17, 15) is 9.65 Å². The van der Waals surface area contributed by atoms with Gasteiger partial charge in [0.25, 0.3) is 0 Å². The quantitative estimate of drug-likeness (QED) is 0.738. The van der Waals surface area contributed by atoms with Gasteiger partial charge in [-0.3, -0.25) is 4.98 Å². The van der Waals surface area contributed by atoms with E-state index < -0.39 is 0 Å². The molecule has 0 fully saturated rings. The van der Waals surface area contributed by atoms with E-state index in [0.29, 0.717) is 16.9 Å². The van der Waals surface area contributed by atoms with Crippen molar-refractivity contribution < 1.29 is 4.39 Å². The van der Waals surface area contributed by atoms with Crippen LogP contribution in [0.25, 0.3) is 10.9 Å². The maximum atomic E-state index is 13.4. The van der Waals surface area contributed by atoms with Gasteiger partial charge in [-0.1, -0.05) is 19.1 Å². The van der Waals surface area contributed by atoms with Gasteiger partial charge in [0, 0.05) is 17.3 Å². The number of halogens is 2. The van der Waals surface area contributed by atoms with Crippen molar-refractivity contribution >= 4 is 34.7 Å². The fraction of sp³-hybridized carbons (Fsp3) is 0.111. The Balaban J connectivity index is 0.00000192. The third kappa shape index (κ3) is 3.41. The van der Waals surface area contributed by atoms with E-state index in [1.165, 1.54) is 18.3 Å². The number of nitrogens with one attached hydrogen (secondary N) is 1. The molecule has 0 aliphatic carbocycles.